The van der Waals surface area contributed by atoms with Crippen LogP contribution >= 0.6 is 11.3 Å². The Bertz CT molecular complexity index is 248. The lowest BCUT2D eigenvalue weighted by Crippen LogP contribution is -2.31. The minimum absolute atomic E-state index is 0.514. The first-order valence-electron chi connectivity index (χ1n) is 3.42. The molecule has 0 aliphatic heterocycles. The molecule has 1 heterocycles. The van der Waals surface area contributed by atoms with Crippen molar-refractivity contribution >= 4 is 17.4 Å². The molecule has 0 aromatic carbocycles. The molecule has 0 bridgehead atoms. The fourth-order valence-corrected chi connectivity index (χ4v) is 1.57. The minimum Gasteiger partial charge on any atom is -0.430 e. The quantitative estimate of drug-likeness (QED) is 0.681. The maximum absolute atomic E-state index is 10.3. The largest absolute Gasteiger partial charge is 0.430 e. The smallest absolute Gasteiger partial charge is 0.406 e. The average Bonchev–Trinajstić information content (AvgIpc) is 2.37. The molecule has 4 N–H and O–H groups in total. The van der Waals surface area contributed by atoms with Crippen molar-refractivity contribution in [3.05, 3.63) is 22.4 Å². The highest BCUT2D eigenvalue weighted by molar-refractivity contribution is 7.09. The molecule has 0 radical (unpaired) electrons. The molecule has 12 heavy (non-hydrogen) atoms. The maximum atomic E-state index is 10.3. The molecule has 0 fully saturated rings. The standard InChI is InChI=1S/C7H10N2O2S/c8-6(11-7(9)10)4-5-2-1-3-12-5/h1-3,6H,4,8H2,(H2,9,10). The van der Waals surface area contributed by atoms with Gasteiger partial charge < -0.3 is 10.5 Å². The van der Waals surface area contributed by atoms with Crippen molar-refractivity contribution in [2.24, 2.45) is 11.5 Å². The summed E-state index contributed by atoms with van der Waals surface area (Å²) in [6.07, 6.45) is -0.958. The molecule has 66 valence electrons. The summed E-state index contributed by atoms with van der Waals surface area (Å²) in [5.41, 5.74) is 10.2. The Morgan fingerprint density at radius 1 is 1.75 bits per heavy atom. The molecule has 4 nitrogen and oxygen atoms in total. The first-order valence-corrected chi connectivity index (χ1v) is 4.30. The second kappa shape index (κ2) is 4.08. The van der Waals surface area contributed by atoms with Gasteiger partial charge in [0.05, 0.1) is 0 Å². The molecule has 0 aliphatic carbocycles. The number of carbonyl (C=O) groups excluding carboxylic acids is 1. The van der Waals surface area contributed by atoms with E-state index in [4.69, 9.17) is 11.5 Å². The number of ether oxygens (including phenoxy) is 1. The van der Waals surface area contributed by atoms with E-state index in [9.17, 15) is 4.79 Å². The van der Waals surface area contributed by atoms with Crippen LogP contribution in [0.1, 0.15) is 4.88 Å². The van der Waals surface area contributed by atoms with Crippen LogP contribution in [0, 0.1) is 0 Å². The van der Waals surface area contributed by atoms with Gasteiger partial charge in [0.1, 0.15) is 0 Å². The average molecular weight is 186 g/mol. The Kier molecular flexibility index (Phi) is 3.07. The van der Waals surface area contributed by atoms with E-state index in [2.05, 4.69) is 4.74 Å². The SMILES string of the molecule is NC(=O)OC(N)Cc1cccs1. The van der Waals surface area contributed by atoms with Crippen molar-refractivity contribution in [2.75, 3.05) is 0 Å². The first kappa shape index (κ1) is 9.02. The number of hydrogen-bond donors (Lipinski definition) is 2. The van der Waals surface area contributed by atoms with E-state index >= 15 is 0 Å². The van der Waals surface area contributed by atoms with Gasteiger partial charge in [0.2, 0.25) is 0 Å². The van der Waals surface area contributed by atoms with E-state index in [-0.39, 0.29) is 0 Å². The second-order valence-corrected chi connectivity index (χ2v) is 3.29. The summed E-state index contributed by atoms with van der Waals surface area (Å²) in [7, 11) is 0. The van der Waals surface area contributed by atoms with Gasteiger partial charge in [-0.1, -0.05) is 6.07 Å². The van der Waals surface area contributed by atoms with E-state index in [1.807, 2.05) is 17.5 Å². The van der Waals surface area contributed by atoms with Crippen molar-refractivity contribution in [3.63, 3.8) is 0 Å². The molecule has 0 aliphatic rings. The van der Waals surface area contributed by atoms with Crippen molar-refractivity contribution in [3.8, 4) is 0 Å². The predicted molar refractivity (Wildman–Crippen MR) is 46.7 cm³/mol. The van der Waals surface area contributed by atoms with Gasteiger partial charge in [0.15, 0.2) is 6.23 Å². The number of thiophene rings is 1. The van der Waals surface area contributed by atoms with E-state index in [1.54, 1.807) is 11.3 Å². The summed E-state index contributed by atoms with van der Waals surface area (Å²) >= 11 is 1.57. The number of hydrogen-bond acceptors (Lipinski definition) is 4. The Hall–Kier alpha value is -1.07. The molecule has 1 amide bonds. The number of nitrogens with two attached hydrogens (primary N) is 2. The van der Waals surface area contributed by atoms with Gasteiger partial charge in [-0.05, 0) is 11.4 Å². The Morgan fingerprint density at radius 3 is 3.00 bits per heavy atom. The number of carbonyl (C=O) groups is 1. The highest BCUT2D eigenvalue weighted by Gasteiger charge is 2.07. The molecule has 1 unspecified atom stereocenters. The fraction of sp³-hybridized carbons (Fsp3) is 0.286. The van der Waals surface area contributed by atoms with E-state index in [0.29, 0.717) is 6.42 Å². The van der Waals surface area contributed by atoms with Crippen LogP contribution in [0.15, 0.2) is 17.5 Å². The van der Waals surface area contributed by atoms with Crippen LogP contribution in [0.3, 0.4) is 0 Å². The van der Waals surface area contributed by atoms with Gasteiger partial charge in [0, 0.05) is 11.3 Å². The zero-order chi connectivity index (χ0) is 8.97. The minimum atomic E-state index is -0.834. The predicted octanol–water partition coefficient (Wildman–Crippen LogP) is 0.671. The zero-order valence-corrected chi connectivity index (χ0v) is 7.21. The summed E-state index contributed by atoms with van der Waals surface area (Å²) in [5.74, 6) is 0. The third kappa shape index (κ3) is 2.89. The Balaban J connectivity index is 2.36. The zero-order valence-electron chi connectivity index (χ0n) is 6.40. The van der Waals surface area contributed by atoms with Gasteiger partial charge in [-0.15, -0.1) is 11.3 Å². The lowest BCUT2D eigenvalue weighted by atomic mass is 10.3. The summed E-state index contributed by atoms with van der Waals surface area (Å²) < 4.78 is 4.55. The van der Waals surface area contributed by atoms with Crippen molar-refractivity contribution < 1.29 is 9.53 Å². The molecule has 1 aromatic heterocycles. The van der Waals surface area contributed by atoms with Crippen LogP contribution in [-0.2, 0) is 11.2 Å². The topological polar surface area (TPSA) is 78.3 Å². The molecule has 0 spiro atoms. The highest BCUT2D eigenvalue weighted by atomic mass is 32.1. The normalized spacial score (nSPS) is 12.4. The van der Waals surface area contributed by atoms with Crippen LogP contribution in [-0.4, -0.2) is 12.3 Å². The summed E-state index contributed by atoms with van der Waals surface area (Å²) in [4.78, 5) is 11.3. The molecular weight excluding hydrogens is 176 g/mol. The lowest BCUT2D eigenvalue weighted by Gasteiger charge is -2.08. The molecule has 1 aromatic rings. The Labute approximate surface area is 74.1 Å². The van der Waals surface area contributed by atoms with E-state index in [1.165, 1.54) is 0 Å². The van der Waals surface area contributed by atoms with Gasteiger partial charge >= 0.3 is 6.09 Å². The van der Waals surface area contributed by atoms with Crippen molar-refractivity contribution in [2.45, 2.75) is 12.6 Å². The van der Waals surface area contributed by atoms with Crippen LogP contribution in [0.2, 0.25) is 0 Å². The summed E-state index contributed by atoms with van der Waals surface area (Å²) in [6, 6.07) is 3.84. The molecule has 1 atom stereocenters. The third-order valence-corrected chi connectivity index (χ3v) is 2.15. The third-order valence-electron chi connectivity index (χ3n) is 1.25. The molecule has 1 rings (SSSR count). The fourth-order valence-electron chi connectivity index (χ4n) is 0.818. The number of primary amides is 1. The van der Waals surface area contributed by atoms with Crippen molar-refractivity contribution in [1.82, 2.24) is 0 Å². The summed E-state index contributed by atoms with van der Waals surface area (Å²) in [6.45, 7) is 0. The van der Waals surface area contributed by atoms with Crippen LogP contribution in [0.25, 0.3) is 0 Å². The number of amides is 1. The molecular formula is C7H10N2O2S. The maximum Gasteiger partial charge on any atom is 0.406 e. The van der Waals surface area contributed by atoms with Gasteiger partial charge in [-0.3, -0.25) is 5.73 Å². The highest BCUT2D eigenvalue weighted by Crippen LogP contribution is 2.10. The van der Waals surface area contributed by atoms with E-state index in [0.717, 1.165) is 4.88 Å². The van der Waals surface area contributed by atoms with E-state index < -0.39 is 12.3 Å². The van der Waals surface area contributed by atoms with Gasteiger partial charge in [-0.25, -0.2) is 4.79 Å². The molecule has 0 saturated carbocycles. The number of rotatable bonds is 3. The Morgan fingerprint density at radius 2 is 2.50 bits per heavy atom. The summed E-state index contributed by atoms with van der Waals surface area (Å²) in [5, 5.41) is 1.94. The lowest BCUT2D eigenvalue weighted by molar-refractivity contribution is 0.110. The van der Waals surface area contributed by atoms with Crippen LogP contribution < -0.4 is 11.5 Å². The first-order chi connectivity index (χ1) is 5.68. The van der Waals surface area contributed by atoms with Gasteiger partial charge in [0.25, 0.3) is 0 Å². The second-order valence-electron chi connectivity index (χ2n) is 2.26. The van der Waals surface area contributed by atoms with Crippen LogP contribution in [0.5, 0.6) is 0 Å². The van der Waals surface area contributed by atoms with Crippen molar-refractivity contribution in [1.29, 1.82) is 0 Å². The monoisotopic (exact) mass is 186 g/mol. The molecule has 0 saturated heterocycles. The van der Waals surface area contributed by atoms with Gasteiger partial charge in [-0.2, -0.15) is 0 Å². The molecule has 5 heteroatoms. The van der Waals surface area contributed by atoms with Crippen LogP contribution in [0.4, 0.5) is 4.79 Å².